The summed E-state index contributed by atoms with van der Waals surface area (Å²) in [6, 6.07) is 7.75. The van der Waals surface area contributed by atoms with Crippen molar-refractivity contribution in [3.8, 4) is 11.5 Å². The van der Waals surface area contributed by atoms with E-state index in [1.54, 1.807) is 13.1 Å². The van der Waals surface area contributed by atoms with Gasteiger partial charge in [0, 0.05) is 7.05 Å². The molecular formula is C20H23N5O3. The summed E-state index contributed by atoms with van der Waals surface area (Å²) in [5.74, 6) is 2.28. The first-order valence-corrected chi connectivity index (χ1v) is 9.28. The van der Waals surface area contributed by atoms with Crippen molar-refractivity contribution in [2.75, 3.05) is 25.6 Å². The van der Waals surface area contributed by atoms with Crippen molar-refractivity contribution in [2.24, 2.45) is 5.92 Å². The van der Waals surface area contributed by atoms with Crippen molar-refractivity contribution in [2.45, 2.75) is 19.9 Å². The van der Waals surface area contributed by atoms with Crippen molar-refractivity contribution in [3.63, 3.8) is 0 Å². The van der Waals surface area contributed by atoms with Crippen LogP contribution in [0.2, 0.25) is 0 Å². The minimum Gasteiger partial charge on any atom is -0.486 e. The molecule has 28 heavy (non-hydrogen) atoms. The van der Waals surface area contributed by atoms with E-state index in [4.69, 9.17) is 9.47 Å². The number of hydrogen-bond donors (Lipinski definition) is 3. The first-order chi connectivity index (χ1) is 13.6. The molecule has 8 heteroatoms. The van der Waals surface area contributed by atoms with Crippen molar-refractivity contribution in [1.82, 2.24) is 20.3 Å². The van der Waals surface area contributed by atoms with Crippen LogP contribution in [-0.2, 0) is 0 Å². The molecule has 8 nitrogen and oxygen atoms in total. The Labute approximate surface area is 162 Å². The predicted octanol–water partition coefficient (Wildman–Crippen LogP) is 2.90. The van der Waals surface area contributed by atoms with Gasteiger partial charge in [-0.05, 0) is 29.7 Å². The number of aromatic amines is 1. The lowest BCUT2D eigenvalue weighted by atomic mass is 9.95. The van der Waals surface area contributed by atoms with Crippen molar-refractivity contribution in [3.05, 3.63) is 41.9 Å². The number of amides is 1. The van der Waals surface area contributed by atoms with E-state index in [1.807, 2.05) is 18.2 Å². The molecule has 0 saturated heterocycles. The summed E-state index contributed by atoms with van der Waals surface area (Å²) in [4.78, 5) is 23.6. The van der Waals surface area contributed by atoms with Gasteiger partial charge in [0.05, 0.1) is 11.4 Å². The van der Waals surface area contributed by atoms with Gasteiger partial charge in [0.15, 0.2) is 11.5 Å². The zero-order valence-electron chi connectivity index (χ0n) is 16.1. The molecule has 0 unspecified atom stereocenters. The number of ether oxygens (including phenoxy) is 2. The van der Waals surface area contributed by atoms with E-state index in [0.717, 1.165) is 22.4 Å². The molecule has 0 spiro atoms. The summed E-state index contributed by atoms with van der Waals surface area (Å²) >= 11 is 0. The Hall–Kier alpha value is -3.29. The van der Waals surface area contributed by atoms with Crippen LogP contribution in [0.3, 0.4) is 0 Å². The number of H-pyrrole nitrogens is 1. The van der Waals surface area contributed by atoms with E-state index in [1.165, 1.54) is 6.33 Å². The molecule has 3 N–H and O–H groups in total. The molecule has 4 rings (SSSR count). The number of anilines is 1. The Balaban J connectivity index is 1.69. The monoisotopic (exact) mass is 381 g/mol. The second-order valence-electron chi connectivity index (χ2n) is 7.02. The lowest BCUT2D eigenvalue weighted by Gasteiger charge is -2.26. The lowest BCUT2D eigenvalue weighted by Crippen LogP contribution is -2.19. The number of rotatable bonds is 5. The molecular weight excluding hydrogens is 358 g/mol. The van der Waals surface area contributed by atoms with Crippen LogP contribution in [0.25, 0.3) is 11.0 Å². The number of hydrogen-bond acceptors (Lipinski definition) is 6. The second kappa shape index (κ2) is 7.38. The smallest absolute Gasteiger partial charge is 0.267 e. The molecule has 1 atom stereocenters. The van der Waals surface area contributed by atoms with E-state index in [0.29, 0.717) is 30.4 Å². The van der Waals surface area contributed by atoms with Gasteiger partial charge in [0.1, 0.15) is 36.7 Å². The molecule has 0 bridgehead atoms. The maximum absolute atomic E-state index is 11.9. The summed E-state index contributed by atoms with van der Waals surface area (Å²) in [7, 11) is 1.59. The van der Waals surface area contributed by atoms with E-state index in [-0.39, 0.29) is 17.9 Å². The molecule has 1 aliphatic rings. The third-order valence-corrected chi connectivity index (χ3v) is 4.78. The zero-order chi connectivity index (χ0) is 19.7. The van der Waals surface area contributed by atoms with Gasteiger partial charge in [-0.1, -0.05) is 19.9 Å². The Morgan fingerprint density at radius 3 is 2.68 bits per heavy atom. The highest BCUT2D eigenvalue weighted by molar-refractivity contribution is 5.99. The fraction of sp³-hybridized carbons (Fsp3) is 0.350. The first kappa shape index (κ1) is 18.1. The quantitative estimate of drug-likeness (QED) is 0.628. The molecule has 1 aliphatic heterocycles. The van der Waals surface area contributed by atoms with Gasteiger partial charge in [-0.2, -0.15) is 0 Å². The summed E-state index contributed by atoms with van der Waals surface area (Å²) in [5, 5.41) is 6.89. The third-order valence-electron chi connectivity index (χ3n) is 4.78. The molecule has 1 aromatic carbocycles. The van der Waals surface area contributed by atoms with Gasteiger partial charge in [0.25, 0.3) is 5.91 Å². The standard InChI is InChI=1S/C20H23N5O3/c1-11(2)17(12-4-5-15-16(8-12)28-7-6-27-15)25-19-13-9-14(20(26)21-3)24-18(13)22-10-23-19/h4-5,8-11,17H,6-7H2,1-3H3,(H,21,26)(H2,22,23,24,25)/t17-/m1/s1. The summed E-state index contributed by atoms with van der Waals surface area (Å²) in [6.07, 6.45) is 1.48. The van der Waals surface area contributed by atoms with Crippen LogP contribution in [-0.4, -0.2) is 41.1 Å². The van der Waals surface area contributed by atoms with Crippen LogP contribution in [0.5, 0.6) is 11.5 Å². The number of carbonyl (C=O) groups excluding carboxylic acids is 1. The maximum Gasteiger partial charge on any atom is 0.267 e. The van der Waals surface area contributed by atoms with Crippen LogP contribution in [0, 0.1) is 5.92 Å². The molecule has 3 heterocycles. The number of nitrogens with zero attached hydrogens (tertiary/aromatic N) is 2. The van der Waals surface area contributed by atoms with Crippen molar-refractivity contribution < 1.29 is 14.3 Å². The van der Waals surface area contributed by atoms with Crippen LogP contribution in [0.15, 0.2) is 30.6 Å². The number of nitrogens with one attached hydrogen (secondary N) is 3. The average molecular weight is 381 g/mol. The Morgan fingerprint density at radius 2 is 1.93 bits per heavy atom. The topological polar surface area (TPSA) is 101 Å². The molecule has 0 fully saturated rings. The number of benzene rings is 1. The predicted molar refractivity (Wildman–Crippen MR) is 106 cm³/mol. The normalized spacial score (nSPS) is 14.1. The molecule has 146 valence electrons. The van der Waals surface area contributed by atoms with Crippen LogP contribution < -0.4 is 20.1 Å². The molecule has 0 saturated carbocycles. The third kappa shape index (κ3) is 3.33. The van der Waals surface area contributed by atoms with Gasteiger partial charge in [0.2, 0.25) is 0 Å². The van der Waals surface area contributed by atoms with E-state index < -0.39 is 0 Å². The van der Waals surface area contributed by atoms with E-state index >= 15 is 0 Å². The molecule has 3 aromatic rings. The fourth-order valence-electron chi connectivity index (χ4n) is 3.35. The average Bonchev–Trinajstić information content (AvgIpc) is 3.16. The van der Waals surface area contributed by atoms with Crippen LogP contribution in [0.1, 0.15) is 35.9 Å². The minimum absolute atomic E-state index is 0.00715. The Morgan fingerprint density at radius 1 is 1.14 bits per heavy atom. The summed E-state index contributed by atoms with van der Waals surface area (Å²) in [6.45, 7) is 5.40. The summed E-state index contributed by atoms with van der Waals surface area (Å²) < 4.78 is 11.4. The van der Waals surface area contributed by atoms with Crippen molar-refractivity contribution >= 4 is 22.8 Å². The summed E-state index contributed by atoms with van der Waals surface area (Å²) in [5.41, 5.74) is 2.13. The van der Waals surface area contributed by atoms with Gasteiger partial charge in [-0.15, -0.1) is 0 Å². The highest BCUT2D eigenvalue weighted by Crippen LogP contribution is 2.36. The van der Waals surface area contributed by atoms with E-state index in [9.17, 15) is 4.79 Å². The van der Waals surface area contributed by atoms with Crippen LogP contribution >= 0.6 is 0 Å². The van der Waals surface area contributed by atoms with Crippen LogP contribution in [0.4, 0.5) is 5.82 Å². The van der Waals surface area contributed by atoms with Gasteiger partial charge < -0.3 is 25.1 Å². The highest BCUT2D eigenvalue weighted by atomic mass is 16.6. The van der Waals surface area contributed by atoms with Gasteiger partial charge in [-0.25, -0.2) is 9.97 Å². The van der Waals surface area contributed by atoms with Gasteiger partial charge >= 0.3 is 0 Å². The van der Waals surface area contributed by atoms with Gasteiger partial charge in [-0.3, -0.25) is 4.79 Å². The van der Waals surface area contributed by atoms with E-state index in [2.05, 4.69) is 39.4 Å². The number of aromatic nitrogens is 3. The SMILES string of the molecule is CNC(=O)c1cc2c(N[C@@H](c3ccc4c(c3)OCCO4)C(C)C)ncnc2[nH]1. The molecule has 2 aromatic heterocycles. The first-order valence-electron chi connectivity index (χ1n) is 9.28. The van der Waals surface area contributed by atoms with Crippen molar-refractivity contribution in [1.29, 1.82) is 0 Å². The Kier molecular flexibility index (Phi) is 4.77. The molecule has 0 aliphatic carbocycles. The number of carbonyl (C=O) groups is 1. The molecule has 0 radical (unpaired) electrons. The fourth-order valence-corrected chi connectivity index (χ4v) is 3.35. The zero-order valence-corrected chi connectivity index (χ0v) is 16.1. The minimum atomic E-state index is -0.198. The molecule has 1 amide bonds. The lowest BCUT2D eigenvalue weighted by molar-refractivity contribution is 0.0959. The second-order valence-corrected chi connectivity index (χ2v) is 7.02. The number of fused-ring (bicyclic) bond motifs is 2. The largest absolute Gasteiger partial charge is 0.486 e. The maximum atomic E-state index is 11.9. The highest BCUT2D eigenvalue weighted by Gasteiger charge is 2.22. The Bertz CT molecular complexity index is 1010.